The van der Waals surface area contributed by atoms with Crippen molar-refractivity contribution in [1.82, 2.24) is 25.1 Å². The average Bonchev–Trinajstić information content (AvgIpc) is 3.30. The number of aryl methyl sites for hydroxylation is 1. The molecule has 0 unspecified atom stereocenters. The number of aromatic nitrogens is 4. The number of carbonyl (C=O) groups is 1. The molecule has 0 bridgehead atoms. The maximum absolute atomic E-state index is 12.6. The number of carbonyl (C=O) groups excluding carboxylic acids is 1. The Hall–Kier alpha value is -4.52. The van der Waals surface area contributed by atoms with E-state index < -0.39 is 0 Å². The molecular weight excluding hydrogens is 438 g/mol. The monoisotopic (exact) mass is 463 g/mol. The van der Waals surface area contributed by atoms with Gasteiger partial charge in [-0.05, 0) is 17.7 Å². The van der Waals surface area contributed by atoms with Crippen molar-refractivity contribution in [3.8, 4) is 11.3 Å². The summed E-state index contributed by atoms with van der Waals surface area (Å²) < 4.78 is 1.91. The molecule has 7 nitrogen and oxygen atoms in total. The van der Waals surface area contributed by atoms with Crippen LogP contribution in [0.4, 0.5) is 0 Å². The third-order valence-corrected chi connectivity index (χ3v) is 5.80. The summed E-state index contributed by atoms with van der Waals surface area (Å²) in [5.41, 5.74) is 4.39. The molecule has 174 valence electrons. The van der Waals surface area contributed by atoms with Crippen LogP contribution in [0.15, 0.2) is 95.9 Å². The number of fused-ring (bicyclic) bond motifs is 1. The van der Waals surface area contributed by atoms with Crippen LogP contribution in [0.2, 0.25) is 0 Å². The zero-order valence-corrected chi connectivity index (χ0v) is 19.1. The third-order valence-electron chi connectivity index (χ3n) is 5.80. The first-order valence-corrected chi connectivity index (χ1v) is 11.6. The molecular formula is C28H25N5O2. The van der Waals surface area contributed by atoms with Gasteiger partial charge in [0.1, 0.15) is 5.82 Å². The minimum atomic E-state index is -0.190. The summed E-state index contributed by atoms with van der Waals surface area (Å²) in [5.74, 6) is 0.389. The van der Waals surface area contributed by atoms with E-state index in [1.807, 2.05) is 65.5 Å². The van der Waals surface area contributed by atoms with Crippen LogP contribution in [0.25, 0.3) is 22.2 Å². The molecule has 5 aromatic rings. The largest absolute Gasteiger partial charge is 0.352 e. The molecule has 0 saturated carbocycles. The van der Waals surface area contributed by atoms with E-state index in [2.05, 4.69) is 27.4 Å². The van der Waals surface area contributed by atoms with Crippen molar-refractivity contribution in [2.75, 3.05) is 0 Å². The summed E-state index contributed by atoms with van der Waals surface area (Å²) in [7, 11) is 0. The Morgan fingerprint density at radius 2 is 1.63 bits per heavy atom. The molecule has 7 heteroatoms. The molecule has 1 amide bonds. The van der Waals surface area contributed by atoms with Crippen LogP contribution in [-0.2, 0) is 24.3 Å². The Labute approximate surface area is 202 Å². The molecule has 0 fully saturated rings. The minimum Gasteiger partial charge on any atom is -0.352 e. The number of nitrogens with one attached hydrogen (secondary N) is 2. The van der Waals surface area contributed by atoms with Gasteiger partial charge in [-0.2, -0.15) is 5.10 Å². The lowest BCUT2D eigenvalue weighted by Crippen LogP contribution is -2.24. The number of rotatable bonds is 8. The quantitative estimate of drug-likeness (QED) is 0.363. The zero-order valence-electron chi connectivity index (χ0n) is 19.1. The topological polar surface area (TPSA) is 92.7 Å². The highest BCUT2D eigenvalue weighted by Gasteiger charge is 2.13. The van der Waals surface area contributed by atoms with Crippen molar-refractivity contribution in [2.45, 2.75) is 25.9 Å². The Balaban J connectivity index is 1.27. The summed E-state index contributed by atoms with van der Waals surface area (Å²) in [5, 5.41) is 8.34. The normalized spacial score (nSPS) is 11.0. The highest BCUT2D eigenvalue weighted by molar-refractivity contribution is 5.78. The van der Waals surface area contributed by atoms with Crippen molar-refractivity contribution in [2.24, 2.45) is 0 Å². The van der Waals surface area contributed by atoms with Crippen LogP contribution in [0.3, 0.4) is 0 Å². The Morgan fingerprint density at radius 1 is 0.914 bits per heavy atom. The number of hydrogen-bond acceptors (Lipinski definition) is 4. The van der Waals surface area contributed by atoms with Gasteiger partial charge in [0.25, 0.3) is 5.56 Å². The van der Waals surface area contributed by atoms with Gasteiger partial charge in [-0.1, -0.05) is 72.8 Å². The molecule has 35 heavy (non-hydrogen) atoms. The molecule has 0 radical (unpaired) electrons. The highest BCUT2D eigenvalue weighted by atomic mass is 16.1. The second-order valence-corrected chi connectivity index (χ2v) is 8.36. The van der Waals surface area contributed by atoms with Gasteiger partial charge in [0.2, 0.25) is 5.91 Å². The van der Waals surface area contributed by atoms with Gasteiger partial charge in [-0.25, -0.2) is 4.98 Å². The van der Waals surface area contributed by atoms with Crippen LogP contribution in [-0.4, -0.2) is 25.7 Å². The fraction of sp³-hybridized carbons (Fsp3) is 0.143. The summed E-state index contributed by atoms with van der Waals surface area (Å²) in [6.45, 7) is 1.01. The van der Waals surface area contributed by atoms with Crippen molar-refractivity contribution >= 4 is 16.8 Å². The first kappa shape index (κ1) is 22.3. The van der Waals surface area contributed by atoms with E-state index in [9.17, 15) is 9.59 Å². The van der Waals surface area contributed by atoms with Crippen LogP contribution in [0.1, 0.15) is 23.4 Å². The number of benzene rings is 3. The van der Waals surface area contributed by atoms with E-state index in [1.165, 1.54) is 0 Å². The molecule has 3 aromatic carbocycles. The van der Waals surface area contributed by atoms with Crippen molar-refractivity contribution in [3.63, 3.8) is 0 Å². The Bertz CT molecular complexity index is 1510. The maximum Gasteiger partial charge on any atom is 0.258 e. The summed E-state index contributed by atoms with van der Waals surface area (Å²) in [6, 6.07) is 27.3. The summed E-state index contributed by atoms with van der Waals surface area (Å²) in [6.07, 6.45) is 2.56. The lowest BCUT2D eigenvalue weighted by atomic mass is 10.1. The van der Waals surface area contributed by atoms with E-state index in [-0.39, 0.29) is 17.9 Å². The third kappa shape index (κ3) is 5.35. The number of nitrogens with zero attached hydrogens (tertiary/aromatic N) is 3. The highest BCUT2D eigenvalue weighted by Crippen LogP contribution is 2.22. The van der Waals surface area contributed by atoms with E-state index in [1.54, 1.807) is 18.2 Å². The van der Waals surface area contributed by atoms with Crippen molar-refractivity contribution in [3.05, 3.63) is 118 Å². The van der Waals surface area contributed by atoms with E-state index in [0.29, 0.717) is 36.2 Å². The lowest BCUT2D eigenvalue weighted by molar-refractivity contribution is -0.121. The first-order chi connectivity index (χ1) is 17.2. The van der Waals surface area contributed by atoms with E-state index in [4.69, 9.17) is 5.10 Å². The number of amides is 1. The number of para-hydroxylation sites is 1. The molecule has 0 atom stereocenters. The standard InChI is InChI=1S/C28H25N5O2/c34-26(16-15-25-30-24-14-8-7-13-23(24)28(35)31-25)29-17-22-19-33(18-20-9-3-1-4-10-20)32-27(22)21-11-5-2-6-12-21/h1-14,19H,15-18H2,(H,29,34)(H,30,31,35). The van der Waals surface area contributed by atoms with Crippen LogP contribution >= 0.6 is 0 Å². The van der Waals surface area contributed by atoms with Crippen molar-refractivity contribution < 1.29 is 4.79 Å². The fourth-order valence-corrected chi connectivity index (χ4v) is 4.05. The second-order valence-electron chi connectivity index (χ2n) is 8.36. The number of aromatic amines is 1. The average molecular weight is 464 g/mol. The summed E-state index contributed by atoms with van der Waals surface area (Å²) >= 11 is 0. The Kier molecular flexibility index (Phi) is 6.48. The first-order valence-electron chi connectivity index (χ1n) is 11.6. The SMILES string of the molecule is O=C(CCc1nc2ccccc2c(=O)[nH]1)NCc1cn(Cc2ccccc2)nc1-c1ccccc1. The van der Waals surface area contributed by atoms with Gasteiger partial charge in [0.15, 0.2) is 0 Å². The van der Waals surface area contributed by atoms with Crippen molar-refractivity contribution in [1.29, 1.82) is 0 Å². The molecule has 2 N–H and O–H groups in total. The van der Waals surface area contributed by atoms with Gasteiger partial charge < -0.3 is 10.3 Å². The molecule has 0 saturated heterocycles. The smallest absolute Gasteiger partial charge is 0.258 e. The predicted octanol–water partition coefficient (Wildman–Crippen LogP) is 4.08. The molecule has 0 aliphatic heterocycles. The second kappa shape index (κ2) is 10.2. The van der Waals surface area contributed by atoms with E-state index >= 15 is 0 Å². The summed E-state index contributed by atoms with van der Waals surface area (Å²) in [4.78, 5) is 32.1. The minimum absolute atomic E-state index is 0.115. The molecule has 2 aromatic heterocycles. The van der Waals surface area contributed by atoms with E-state index in [0.717, 1.165) is 22.4 Å². The molecule has 0 aliphatic rings. The van der Waals surface area contributed by atoms with Gasteiger partial charge in [-0.3, -0.25) is 14.3 Å². The number of H-pyrrole nitrogens is 1. The predicted molar refractivity (Wildman–Crippen MR) is 136 cm³/mol. The molecule has 0 spiro atoms. The van der Waals surface area contributed by atoms with Crippen LogP contribution in [0.5, 0.6) is 0 Å². The van der Waals surface area contributed by atoms with Gasteiger partial charge in [-0.15, -0.1) is 0 Å². The number of hydrogen-bond donors (Lipinski definition) is 2. The molecule has 0 aliphatic carbocycles. The Morgan fingerprint density at radius 3 is 2.43 bits per heavy atom. The van der Waals surface area contributed by atoms with Gasteiger partial charge in [0.05, 0.1) is 23.1 Å². The van der Waals surface area contributed by atoms with Gasteiger partial charge >= 0.3 is 0 Å². The lowest BCUT2D eigenvalue weighted by Gasteiger charge is -2.06. The van der Waals surface area contributed by atoms with Crippen LogP contribution < -0.4 is 10.9 Å². The van der Waals surface area contributed by atoms with Gasteiger partial charge in [0, 0.05) is 36.7 Å². The maximum atomic E-state index is 12.6. The molecule has 2 heterocycles. The van der Waals surface area contributed by atoms with Crippen LogP contribution in [0, 0.1) is 0 Å². The molecule has 5 rings (SSSR count). The zero-order chi connectivity index (χ0) is 24.0. The fourth-order valence-electron chi connectivity index (χ4n) is 4.05.